The van der Waals surface area contributed by atoms with Gasteiger partial charge in [-0.15, -0.1) is 0 Å². The van der Waals surface area contributed by atoms with Gasteiger partial charge in [0.25, 0.3) is 0 Å². The zero-order valence-electron chi connectivity index (χ0n) is 9.11. The van der Waals surface area contributed by atoms with Crippen LogP contribution in [0.3, 0.4) is 0 Å². The number of amides is 1. The van der Waals surface area contributed by atoms with Gasteiger partial charge in [0.15, 0.2) is 0 Å². The van der Waals surface area contributed by atoms with Crippen LogP contribution in [0.2, 0.25) is 0 Å². The molecule has 0 unspecified atom stereocenters. The fourth-order valence-corrected chi connectivity index (χ4v) is 1.60. The van der Waals surface area contributed by atoms with Crippen molar-refractivity contribution in [3.63, 3.8) is 0 Å². The summed E-state index contributed by atoms with van der Waals surface area (Å²) in [4.78, 5) is 13.7. The van der Waals surface area contributed by atoms with Crippen LogP contribution in [0.1, 0.15) is 5.69 Å². The Balaban J connectivity index is 1.67. The second kappa shape index (κ2) is 5.62. The monoisotopic (exact) mass is 224 g/mol. The summed E-state index contributed by atoms with van der Waals surface area (Å²) in [5.74, 6) is 0.0384. The van der Waals surface area contributed by atoms with E-state index in [-0.39, 0.29) is 5.91 Å². The van der Waals surface area contributed by atoms with Crippen LogP contribution in [-0.4, -0.2) is 53.9 Å². The molecule has 0 aliphatic carbocycles. The average molecular weight is 224 g/mol. The lowest BCUT2D eigenvalue weighted by Gasteiger charge is -2.25. The van der Waals surface area contributed by atoms with Crippen LogP contribution in [0.25, 0.3) is 0 Å². The molecule has 6 nitrogen and oxygen atoms in total. The average Bonchev–Trinajstić information content (AvgIpc) is 2.81. The van der Waals surface area contributed by atoms with Gasteiger partial charge in [-0.05, 0) is 6.07 Å². The molecule has 0 aromatic carbocycles. The molecule has 2 rings (SSSR count). The molecule has 1 aromatic rings. The summed E-state index contributed by atoms with van der Waals surface area (Å²) in [6.45, 7) is 4.04. The van der Waals surface area contributed by atoms with Crippen LogP contribution < -0.4 is 5.32 Å². The summed E-state index contributed by atoms with van der Waals surface area (Å²) in [7, 11) is 0. The van der Waals surface area contributed by atoms with Crippen molar-refractivity contribution < 1.29 is 9.53 Å². The quantitative estimate of drug-likeness (QED) is 0.713. The molecule has 1 amide bonds. The van der Waals surface area contributed by atoms with Crippen LogP contribution in [0.4, 0.5) is 0 Å². The van der Waals surface area contributed by atoms with Crippen molar-refractivity contribution >= 4 is 5.91 Å². The molecule has 16 heavy (non-hydrogen) atoms. The molecule has 0 saturated carbocycles. The normalized spacial score (nSPS) is 17.2. The van der Waals surface area contributed by atoms with Gasteiger partial charge in [0.2, 0.25) is 5.91 Å². The van der Waals surface area contributed by atoms with E-state index in [0.717, 1.165) is 18.8 Å². The maximum atomic E-state index is 11.6. The van der Waals surface area contributed by atoms with E-state index in [9.17, 15) is 4.79 Å². The van der Waals surface area contributed by atoms with Crippen molar-refractivity contribution in [3.05, 3.63) is 18.0 Å². The highest BCUT2D eigenvalue weighted by Gasteiger charge is 2.13. The predicted molar refractivity (Wildman–Crippen MR) is 57.7 cm³/mol. The summed E-state index contributed by atoms with van der Waals surface area (Å²) < 4.78 is 5.21. The van der Waals surface area contributed by atoms with E-state index in [1.165, 1.54) is 0 Å². The molecule has 1 fully saturated rings. The zero-order valence-corrected chi connectivity index (χ0v) is 9.11. The van der Waals surface area contributed by atoms with Gasteiger partial charge < -0.3 is 10.1 Å². The van der Waals surface area contributed by atoms with Crippen LogP contribution in [0, 0.1) is 0 Å². The zero-order chi connectivity index (χ0) is 11.2. The summed E-state index contributed by atoms with van der Waals surface area (Å²) >= 11 is 0. The van der Waals surface area contributed by atoms with Gasteiger partial charge >= 0.3 is 0 Å². The number of morpholine rings is 1. The number of rotatable bonds is 4. The SMILES string of the molecule is O=C(CN1CCOCC1)NCc1ccn[nH]1. The molecule has 1 saturated heterocycles. The lowest BCUT2D eigenvalue weighted by atomic mass is 10.4. The van der Waals surface area contributed by atoms with Crippen LogP contribution in [0.15, 0.2) is 12.3 Å². The van der Waals surface area contributed by atoms with Crippen molar-refractivity contribution in [1.29, 1.82) is 0 Å². The van der Waals surface area contributed by atoms with E-state index in [1.54, 1.807) is 6.20 Å². The highest BCUT2D eigenvalue weighted by atomic mass is 16.5. The maximum absolute atomic E-state index is 11.6. The van der Waals surface area contributed by atoms with E-state index in [1.807, 2.05) is 6.07 Å². The predicted octanol–water partition coefficient (Wildman–Crippen LogP) is -0.642. The Kier molecular flexibility index (Phi) is 3.90. The maximum Gasteiger partial charge on any atom is 0.234 e. The van der Waals surface area contributed by atoms with Crippen molar-refractivity contribution in [3.8, 4) is 0 Å². The first-order chi connectivity index (χ1) is 7.84. The van der Waals surface area contributed by atoms with Crippen LogP contribution >= 0.6 is 0 Å². The highest BCUT2D eigenvalue weighted by molar-refractivity contribution is 5.77. The Hall–Kier alpha value is -1.40. The second-order valence-corrected chi connectivity index (χ2v) is 3.75. The van der Waals surface area contributed by atoms with E-state index in [2.05, 4.69) is 20.4 Å². The van der Waals surface area contributed by atoms with Crippen molar-refractivity contribution in [2.45, 2.75) is 6.54 Å². The largest absolute Gasteiger partial charge is 0.379 e. The minimum absolute atomic E-state index is 0.0384. The Morgan fingerprint density at radius 3 is 3.06 bits per heavy atom. The van der Waals surface area contributed by atoms with E-state index in [4.69, 9.17) is 4.74 Å². The molecule has 0 spiro atoms. The molecule has 1 aliphatic heterocycles. The summed E-state index contributed by atoms with van der Waals surface area (Å²) in [6, 6.07) is 1.84. The molecule has 2 heterocycles. The lowest BCUT2D eigenvalue weighted by Crippen LogP contribution is -2.43. The Labute approximate surface area is 94.0 Å². The standard InChI is InChI=1S/C10H16N4O2/c15-10(8-14-3-5-16-6-4-14)11-7-9-1-2-12-13-9/h1-2H,3-8H2,(H,11,15)(H,12,13). The minimum atomic E-state index is 0.0384. The molecule has 1 aromatic heterocycles. The molecule has 2 N–H and O–H groups in total. The number of hydrogen-bond acceptors (Lipinski definition) is 4. The number of ether oxygens (including phenoxy) is 1. The molecular formula is C10H16N4O2. The topological polar surface area (TPSA) is 70.2 Å². The van der Waals surface area contributed by atoms with E-state index >= 15 is 0 Å². The number of H-pyrrole nitrogens is 1. The van der Waals surface area contributed by atoms with Crippen molar-refractivity contribution in [1.82, 2.24) is 20.4 Å². The first-order valence-electron chi connectivity index (χ1n) is 5.39. The van der Waals surface area contributed by atoms with Crippen molar-refractivity contribution in [2.75, 3.05) is 32.8 Å². The number of nitrogens with zero attached hydrogens (tertiary/aromatic N) is 2. The third-order valence-corrected chi connectivity index (χ3v) is 2.51. The Morgan fingerprint density at radius 2 is 2.38 bits per heavy atom. The molecule has 0 radical (unpaired) electrons. The van der Waals surface area contributed by atoms with Crippen LogP contribution in [-0.2, 0) is 16.1 Å². The number of carbonyl (C=O) groups is 1. The number of aromatic amines is 1. The lowest BCUT2D eigenvalue weighted by molar-refractivity contribution is -0.123. The molecular weight excluding hydrogens is 208 g/mol. The van der Waals surface area contributed by atoms with Gasteiger partial charge in [0.1, 0.15) is 0 Å². The van der Waals surface area contributed by atoms with Gasteiger partial charge in [0.05, 0.1) is 32.0 Å². The molecule has 0 bridgehead atoms. The molecule has 88 valence electrons. The highest BCUT2D eigenvalue weighted by Crippen LogP contribution is 1.96. The van der Waals surface area contributed by atoms with Gasteiger partial charge in [-0.25, -0.2) is 0 Å². The van der Waals surface area contributed by atoms with Gasteiger partial charge in [-0.2, -0.15) is 5.10 Å². The van der Waals surface area contributed by atoms with Gasteiger partial charge in [-0.1, -0.05) is 0 Å². The second-order valence-electron chi connectivity index (χ2n) is 3.75. The van der Waals surface area contributed by atoms with E-state index < -0.39 is 0 Å². The van der Waals surface area contributed by atoms with Gasteiger partial charge in [-0.3, -0.25) is 14.8 Å². The Morgan fingerprint density at radius 1 is 1.56 bits per heavy atom. The van der Waals surface area contributed by atoms with E-state index in [0.29, 0.717) is 26.3 Å². The third-order valence-electron chi connectivity index (χ3n) is 2.51. The summed E-state index contributed by atoms with van der Waals surface area (Å²) in [6.07, 6.45) is 1.67. The smallest absolute Gasteiger partial charge is 0.234 e. The first kappa shape index (κ1) is 11.1. The number of nitrogens with one attached hydrogen (secondary N) is 2. The Bertz CT molecular complexity index is 320. The van der Waals surface area contributed by atoms with Crippen molar-refractivity contribution in [2.24, 2.45) is 0 Å². The third kappa shape index (κ3) is 3.32. The van der Waals surface area contributed by atoms with Crippen LogP contribution in [0.5, 0.6) is 0 Å². The molecule has 6 heteroatoms. The van der Waals surface area contributed by atoms with Gasteiger partial charge in [0, 0.05) is 19.3 Å². The first-order valence-corrected chi connectivity index (χ1v) is 5.39. The number of carbonyl (C=O) groups excluding carboxylic acids is 1. The molecule has 1 aliphatic rings. The number of hydrogen-bond donors (Lipinski definition) is 2. The molecule has 0 atom stereocenters. The fraction of sp³-hybridized carbons (Fsp3) is 0.600. The number of aromatic nitrogens is 2. The summed E-state index contributed by atoms with van der Waals surface area (Å²) in [5.41, 5.74) is 0.912. The summed E-state index contributed by atoms with van der Waals surface area (Å²) in [5, 5.41) is 9.45. The fourth-order valence-electron chi connectivity index (χ4n) is 1.60. The minimum Gasteiger partial charge on any atom is -0.379 e.